The molecule has 3 rings (SSSR count). The number of benzene rings is 2. The highest BCUT2D eigenvalue weighted by Crippen LogP contribution is 2.35. The van der Waals surface area contributed by atoms with Crippen LogP contribution in [0.15, 0.2) is 47.5 Å². The Balaban J connectivity index is 1.76. The molecule has 0 bridgehead atoms. The maximum absolute atomic E-state index is 12.8. The number of thioether (sulfide) groups is 1. The topological polar surface area (TPSA) is 80.2 Å². The summed E-state index contributed by atoms with van der Waals surface area (Å²) < 4.78 is 10.6. The van der Waals surface area contributed by atoms with Crippen LogP contribution in [0, 0.1) is 0 Å². The van der Waals surface area contributed by atoms with E-state index < -0.39 is 5.25 Å². The van der Waals surface area contributed by atoms with Crippen molar-refractivity contribution in [3.63, 3.8) is 0 Å². The fourth-order valence-corrected chi connectivity index (χ4v) is 4.38. The lowest BCUT2D eigenvalue weighted by Crippen LogP contribution is -2.33. The molecule has 2 aromatic carbocycles. The summed E-state index contributed by atoms with van der Waals surface area (Å²) in [5.74, 6) is 0.649. The molecule has 158 valence electrons. The normalized spacial score (nSPS) is 17.3. The molecule has 1 atom stereocenters. The number of carbonyl (C=O) groups excluding carboxylic acids is 2. The van der Waals surface area contributed by atoms with Gasteiger partial charge in [0.15, 0.2) is 5.17 Å². The quantitative estimate of drug-likeness (QED) is 0.683. The lowest BCUT2D eigenvalue weighted by atomic mass is 10.2. The highest BCUT2D eigenvalue weighted by Gasteiger charge is 2.38. The summed E-state index contributed by atoms with van der Waals surface area (Å²) in [6.45, 7) is 2.33. The van der Waals surface area contributed by atoms with E-state index >= 15 is 0 Å². The first-order chi connectivity index (χ1) is 14.5. The van der Waals surface area contributed by atoms with Crippen LogP contribution in [0.25, 0.3) is 0 Å². The van der Waals surface area contributed by atoms with Gasteiger partial charge in [-0.2, -0.15) is 0 Å². The van der Waals surface area contributed by atoms with Gasteiger partial charge in [0.1, 0.15) is 22.4 Å². The lowest BCUT2D eigenvalue weighted by Gasteiger charge is -2.14. The molecule has 1 saturated heterocycles. The fourth-order valence-electron chi connectivity index (χ4n) is 2.99. The molecule has 1 aliphatic rings. The molecule has 0 unspecified atom stereocenters. The molecular formula is C21H22ClN3O4S. The molecule has 9 heteroatoms. The first-order valence-corrected chi connectivity index (χ1v) is 10.6. The summed E-state index contributed by atoms with van der Waals surface area (Å²) in [7, 11) is 3.08. The van der Waals surface area contributed by atoms with Crippen molar-refractivity contribution in [3.8, 4) is 11.5 Å². The molecule has 0 aliphatic carbocycles. The van der Waals surface area contributed by atoms with Gasteiger partial charge < -0.3 is 14.8 Å². The van der Waals surface area contributed by atoms with Crippen molar-refractivity contribution in [2.24, 2.45) is 4.99 Å². The number of rotatable bonds is 7. The van der Waals surface area contributed by atoms with Crippen molar-refractivity contribution in [1.29, 1.82) is 0 Å². The number of amidine groups is 1. The second kappa shape index (κ2) is 9.86. The molecule has 30 heavy (non-hydrogen) atoms. The number of para-hydroxylation sites is 2. The zero-order valence-corrected chi connectivity index (χ0v) is 18.4. The number of carbonyl (C=O) groups is 2. The van der Waals surface area contributed by atoms with Gasteiger partial charge in [0.2, 0.25) is 11.8 Å². The average molecular weight is 448 g/mol. The molecule has 7 nitrogen and oxygen atoms in total. The van der Waals surface area contributed by atoms with E-state index in [2.05, 4.69) is 10.3 Å². The Morgan fingerprint density at radius 2 is 1.93 bits per heavy atom. The van der Waals surface area contributed by atoms with Crippen LogP contribution in [0.2, 0.25) is 5.02 Å². The molecule has 1 fully saturated rings. The molecular weight excluding hydrogens is 426 g/mol. The predicted octanol–water partition coefficient (Wildman–Crippen LogP) is 4.34. The van der Waals surface area contributed by atoms with Crippen LogP contribution in [-0.2, 0) is 9.59 Å². The number of nitrogens with one attached hydrogen (secondary N) is 1. The molecule has 1 N–H and O–H groups in total. The van der Waals surface area contributed by atoms with Gasteiger partial charge in [-0.1, -0.05) is 35.5 Å². The van der Waals surface area contributed by atoms with Crippen molar-refractivity contribution < 1.29 is 19.1 Å². The summed E-state index contributed by atoms with van der Waals surface area (Å²) >= 11 is 7.28. The maximum atomic E-state index is 12.8. The minimum atomic E-state index is -0.566. The van der Waals surface area contributed by atoms with Crippen molar-refractivity contribution in [3.05, 3.63) is 47.5 Å². The number of hydrogen-bond acceptors (Lipinski definition) is 6. The van der Waals surface area contributed by atoms with Gasteiger partial charge >= 0.3 is 0 Å². The minimum Gasteiger partial charge on any atom is -0.495 e. The summed E-state index contributed by atoms with van der Waals surface area (Å²) in [6.07, 6.45) is 0.000607. The third-order valence-corrected chi connectivity index (χ3v) is 5.85. The van der Waals surface area contributed by atoms with E-state index in [9.17, 15) is 9.59 Å². The molecule has 0 aromatic heterocycles. The van der Waals surface area contributed by atoms with E-state index in [1.54, 1.807) is 36.3 Å². The van der Waals surface area contributed by atoms with Crippen LogP contribution in [-0.4, -0.2) is 47.9 Å². The molecule has 2 amide bonds. The molecule has 0 saturated carbocycles. The van der Waals surface area contributed by atoms with Crippen molar-refractivity contribution in [2.45, 2.75) is 18.6 Å². The number of amides is 2. The van der Waals surface area contributed by atoms with E-state index in [4.69, 9.17) is 21.1 Å². The van der Waals surface area contributed by atoms with Crippen molar-refractivity contribution in [1.82, 2.24) is 4.90 Å². The Bertz CT molecular complexity index is 982. The summed E-state index contributed by atoms with van der Waals surface area (Å²) in [5.41, 5.74) is 1.09. The lowest BCUT2D eigenvalue weighted by molar-refractivity contribution is -0.128. The number of nitrogens with zero attached hydrogens (tertiary/aromatic N) is 2. The number of hydrogen-bond donors (Lipinski definition) is 1. The Morgan fingerprint density at radius 1 is 1.20 bits per heavy atom. The molecule has 0 radical (unpaired) electrons. The Labute approximate surface area is 184 Å². The van der Waals surface area contributed by atoms with Gasteiger partial charge in [0, 0.05) is 18.0 Å². The van der Waals surface area contributed by atoms with Crippen LogP contribution in [0.1, 0.15) is 13.3 Å². The number of aliphatic imine (C=N–C) groups is 1. The van der Waals surface area contributed by atoms with Crippen LogP contribution >= 0.6 is 23.4 Å². The standard InChI is InChI=1S/C21H22ClN3O4S/c1-4-25-20(27)18(30-21(25)24-14-7-5-6-8-16(14)28-2)12-19(26)23-15-11-13(22)9-10-17(15)29-3/h5-11,18H,4,12H2,1-3H3,(H,23,26)/t18-/m0/s1. The van der Waals surface area contributed by atoms with E-state index in [0.717, 1.165) is 0 Å². The predicted molar refractivity (Wildman–Crippen MR) is 120 cm³/mol. The first kappa shape index (κ1) is 22.0. The summed E-state index contributed by atoms with van der Waals surface area (Å²) in [4.78, 5) is 31.6. The van der Waals surface area contributed by atoms with Crippen LogP contribution in [0.5, 0.6) is 11.5 Å². The number of methoxy groups -OCH3 is 2. The average Bonchev–Trinajstić information content (AvgIpc) is 3.02. The molecule has 0 spiro atoms. The highest BCUT2D eigenvalue weighted by molar-refractivity contribution is 8.15. The molecule has 1 heterocycles. The monoisotopic (exact) mass is 447 g/mol. The number of ether oxygens (including phenoxy) is 2. The fraction of sp³-hybridized carbons (Fsp3) is 0.286. The minimum absolute atomic E-state index is 0.000607. The Kier molecular flexibility index (Phi) is 7.23. The third-order valence-electron chi connectivity index (χ3n) is 4.44. The summed E-state index contributed by atoms with van der Waals surface area (Å²) in [5, 5.41) is 3.23. The van der Waals surface area contributed by atoms with Crippen molar-refractivity contribution >= 4 is 51.7 Å². The van der Waals surface area contributed by atoms with E-state index in [1.807, 2.05) is 25.1 Å². The van der Waals surface area contributed by atoms with Crippen molar-refractivity contribution in [2.75, 3.05) is 26.1 Å². The zero-order chi connectivity index (χ0) is 21.7. The van der Waals surface area contributed by atoms with Gasteiger partial charge in [-0.25, -0.2) is 4.99 Å². The Morgan fingerprint density at radius 3 is 2.63 bits per heavy atom. The first-order valence-electron chi connectivity index (χ1n) is 9.30. The second-order valence-corrected chi connectivity index (χ2v) is 7.96. The second-order valence-electron chi connectivity index (χ2n) is 6.35. The van der Waals surface area contributed by atoms with Crippen LogP contribution in [0.4, 0.5) is 11.4 Å². The van der Waals surface area contributed by atoms with E-state index in [1.165, 1.54) is 18.9 Å². The van der Waals surface area contributed by atoms with Gasteiger partial charge in [-0.15, -0.1) is 0 Å². The summed E-state index contributed by atoms with van der Waals surface area (Å²) in [6, 6.07) is 12.3. The highest BCUT2D eigenvalue weighted by atomic mass is 35.5. The zero-order valence-electron chi connectivity index (χ0n) is 16.8. The number of halogens is 1. The maximum Gasteiger partial charge on any atom is 0.242 e. The Hall–Kier alpha value is -2.71. The van der Waals surface area contributed by atoms with Crippen LogP contribution in [0.3, 0.4) is 0 Å². The molecule has 2 aromatic rings. The SMILES string of the molecule is CCN1C(=O)[C@H](CC(=O)Nc2cc(Cl)ccc2OC)SC1=Nc1ccccc1OC. The molecule has 1 aliphatic heterocycles. The van der Waals surface area contributed by atoms with Gasteiger partial charge in [0.05, 0.1) is 19.9 Å². The number of anilines is 1. The van der Waals surface area contributed by atoms with Gasteiger partial charge in [-0.3, -0.25) is 14.5 Å². The van der Waals surface area contributed by atoms with Crippen LogP contribution < -0.4 is 14.8 Å². The third kappa shape index (κ3) is 4.88. The largest absolute Gasteiger partial charge is 0.495 e. The van der Waals surface area contributed by atoms with Gasteiger partial charge in [-0.05, 0) is 37.3 Å². The smallest absolute Gasteiger partial charge is 0.242 e. The van der Waals surface area contributed by atoms with Gasteiger partial charge in [0.25, 0.3) is 0 Å². The van der Waals surface area contributed by atoms with E-state index in [-0.39, 0.29) is 18.2 Å². The van der Waals surface area contributed by atoms with E-state index in [0.29, 0.717) is 39.6 Å².